The van der Waals surface area contributed by atoms with E-state index in [0.717, 1.165) is 0 Å². The smallest absolute Gasteiger partial charge is 0.0248 e. The fraction of sp³-hybridized carbons (Fsp3) is 0.467. The average molecular weight is 198 g/mol. The second-order valence-electron chi connectivity index (χ2n) is 4.55. The molecule has 15 heavy (non-hydrogen) atoms. The zero-order valence-electron chi connectivity index (χ0n) is 9.64. The van der Waals surface area contributed by atoms with Crippen molar-refractivity contribution in [2.45, 2.75) is 39.5 Å². The van der Waals surface area contributed by atoms with Crippen molar-refractivity contribution in [3.05, 3.63) is 34.9 Å². The summed E-state index contributed by atoms with van der Waals surface area (Å²) < 4.78 is 0. The van der Waals surface area contributed by atoms with E-state index in [2.05, 4.69) is 43.9 Å². The van der Waals surface area contributed by atoms with Crippen LogP contribution < -0.4 is 0 Å². The third-order valence-corrected chi connectivity index (χ3v) is 3.28. The number of rotatable bonds is 0. The van der Waals surface area contributed by atoms with Crippen LogP contribution in [0.5, 0.6) is 0 Å². The van der Waals surface area contributed by atoms with E-state index in [9.17, 15) is 0 Å². The van der Waals surface area contributed by atoms with Crippen LogP contribution in [-0.2, 0) is 0 Å². The summed E-state index contributed by atoms with van der Waals surface area (Å²) in [5.74, 6) is 7.36. The van der Waals surface area contributed by atoms with Crippen LogP contribution >= 0.6 is 0 Å². The van der Waals surface area contributed by atoms with E-state index in [0.29, 0.717) is 5.92 Å². The highest BCUT2D eigenvalue weighted by Crippen LogP contribution is 2.23. The van der Waals surface area contributed by atoms with Crippen LogP contribution in [0.3, 0.4) is 0 Å². The third kappa shape index (κ3) is 2.63. The summed E-state index contributed by atoms with van der Waals surface area (Å²) in [4.78, 5) is 0. The normalized spacial score (nSPS) is 16.1. The van der Waals surface area contributed by atoms with E-state index in [-0.39, 0.29) is 0 Å². The second-order valence-corrected chi connectivity index (χ2v) is 4.55. The molecule has 1 aliphatic carbocycles. The van der Waals surface area contributed by atoms with Crippen LogP contribution in [0.25, 0.3) is 0 Å². The molecule has 2 rings (SSSR count). The Morgan fingerprint density at radius 3 is 2.47 bits per heavy atom. The van der Waals surface area contributed by atoms with Crippen LogP contribution in [-0.4, -0.2) is 0 Å². The Morgan fingerprint density at radius 2 is 1.80 bits per heavy atom. The molecule has 1 fully saturated rings. The molecular formula is C15H18. The maximum atomic E-state index is 3.39. The molecule has 78 valence electrons. The molecule has 0 aromatic heterocycles. The SMILES string of the molecule is Cc1ccc(C#CC2CCCC2)cc1C. The molecular weight excluding hydrogens is 180 g/mol. The van der Waals surface area contributed by atoms with Crippen LogP contribution in [0.4, 0.5) is 0 Å². The highest BCUT2D eigenvalue weighted by Gasteiger charge is 2.11. The lowest BCUT2D eigenvalue weighted by molar-refractivity contribution is 0.712. The molecule has 0 radical (unpaired) electrons. The molecule has 0 N–H and O–H groups in total. The first-order chi connectivity index (χ1) is 7.25. The summed E-state index contributed by atoms with van der Waals surface area (Å²) in [6, 6.07) is 6.48. The highest BCUT2D eigenvalue weighted by atomic mass is 14.1. The Balaban J connectivity index is 2.12. The van der Waals surface area contributed by atoms with Gasteiger partial charge >= 0.3 is 0 Å². The number of hydrogen-bond acceptors (Lipinski definition) is 0. The van der Waals surface area contributed by atoms with Gasteiger partial charge in [0.1, 0.15) is 0 Å². The molecule has 0 unspecified atom stereocenters. The second kappa shape index (κ2) is 4.53. The van der Waals surface area contributed by atoms with Gasteiger partial charge in [-0.2, -0.15) is 0 Å². The standard InChI is InChI=1S/C15H18/c1-12-7-8-15(11-13(12)2)10-9-14-5-3-4-6-14/h7-8,11,14H,3-6H2,1-2H3. The van der Waals surface area contributed by atoms with Gasteiger partial charge in [-0.05, 0) is 49.9 Å². The maximum absolute atomic E-state index is 3.39. The van der Waals surface area contributed by atoms with Crippen molar-refractivity contribution < 1.29 is 0 Å². The van der Waals surface area contributed by atoms with Gasteiger partial charge in [0.05, 0.1) is 0 Å². The summed E-state index contributed by atoms with van der Waals surface area (Å²) in [5.41, 5.74) is 3.86. The van der Waals surface area contributed by atoms with Gasteiger partial charge in [0.25, 0.3) is 0 Å². The minimum Gasteiger partial charge on any atom is -0.0945 e. The molecule has 0 heteroatoms. The first kappa shape index (κ1) is 10.3. The Kier molecular flexibility index (Phi) is 3.11. The van der Waals surface area contributed by atoms with Crippen molar-refractivity contribution in [3.8, 4) is 11.8 Å². The van der Waals surface area contributed by atoms with Crippen molar-refractivity contribution in [1.82, 2.24) is 0 Å². The molecule has 0 saturated heterocycles. The number of hydrogen-bond donors (Lipinski definition) is 0. The van der Waals surface area contributed by atoms with Crippen LogP contribution in [0.2, 0.25) is 0 Å². The highest BCUT2D eigenvalue weighted by molar-refractivity contribution is 5.40. The van der Waals surface area contributed by atoms with E-state index >= 15 is 0 Å². The molecule has 1 aliphatic rings. The average Bonchev–Trinajstić information content (AvgIpc) is 2.73. The quantitative estimate of drug-likeness (QED) is 0.555. The van der Waals surface area contributed by atoms with Gasteiger partial charge in [0.2, 0.25) is 0 Å². The topological polar surface area (TPSA) is 0 Å². The summed E-state index contributed by atoms with van der Waals surface area (Å²) in [6.07, 6.45) is 5.34. The third-order valence-electron chi connectivity index (χ3n) is 3.28. The minimum atomic E-state index is 0.659. The molecule has 0 amide bonds. The molecule has 1 aromatic carbocycles. The van der Waals surface area contributed by atoms with Crippen molar-refractivity contribution >= 4 is 0 Å². The molecule has 0 atom stereocenters. The maximum Gasteiger partial charge on any atom is 0.0248 e. The van der Waals surface area contributed by atoms with Gasteiger partial charge in [0.15, 0.2) is 0 Å². The lowest BCUT2D eigenvalue weighted by atomic mass is 10.0. The van der Waals surface area contributed by atoms with Gasteiger partial charge in [-0.15, -0.1) is 0 Å². The molecule has 1 aromatic rings. The van der Waals surface area contributed by atoms with Gasteiger partial charge in [-0.25, -0.2) is 0 Å². The molecule has 0 spiro atoms. The predicted molar refractivity (Wildman–Crippen MR) is 64.8 cm³/mol. The Morgan fingerprint density at radius 1 is 1.07 bits per heavy atom. The largest absolute Gasteiger partial charge is 0.0945 e. The summed E-state index contributed by atoms with van der Waals surface area (Å²) in [5, 5.41) is 0. The lowest BCUT2D eigenvalue weighted by Crippen LogP contribution is -1.87. The fourth-order valence-corrected chi connectivity index (χ4v) is 2.07. The fourth-order valence-electron chi connectivity index (χ4n) is 2.07. The Hall–Kier alpha value is -1.22. The predicted octanol–water partition coefficient (Wildman–Crippen LogP) is 3.85. The van der Waals surface area contributed by atoms with Gasteiger partial charge < -0.3 is 0 Å². The van der Waals surface area contributed by atoms with Crippen molar-refractivity contribution in [3.63, 3.8) is 0 Å². The minimum absolute atomic E-state index is 0.659. The van der Waals surface area contributed by atoms with Crippen molar-refractivity contribution in [1.29, 1.82) is 0 Å². The molecule has 0 nitrogen and oxygen atoms in total. The summed E-state index contributed by atoms with van der Waals surface area (Å²) in [6.45, 7) is 4.29. The van der Waals surface area contributed by atoms with Crippen LogP contribution in [0.1, 0.15) is 42.4 Å². The summed E-state index contributed by atoms with van der Waals surface area (Å²) in [7, 11) is 0. The Bertz CT molecular complexity index is 398. The number of aryl methyl sites for hydroxylation is 2. The first-order valence-electron chi connectivity index (χ1n) is 5.84. The van der Waals surface area contributed by atoms with E-state index in [1.165, 1.54) is 42.4 Å². The first-order valence-corrected chi connectivity index (χ1v) is 5.84. The van der Waals surface area contributed by atoms with Crippen molar-refractivity contribution in [2.75, 3.05) is 0 Å². The van der Waals surface area contributed by atoms with Gasteiger partial charge in [0, 0.05) is 11.5 Å². The van der Waals surface area contributed by atoms with Crippen LogP contribution in [0, 0.1) is 31.6 Å². The van der Waals surface area contributed by atoms with Crippen LogP contribution in [0.15, 0.2) is 18.2 Å². The van der Waals surface area contributed by atoms with E-state index in [4.69, 9.17) is 0 Å². The molecule has 1 saturated carbocycles. The lowest BCUT2D eigenvalue weighted by Gasteiger charge is -2.00. The molecule has 0 bridgehead atoms. The number of benzene rings is 1. The van der Waals surface area contributed by atoms with E-state index in [1.54, 1.807) is 0 Å². The molecule has 0 heterocycles. The molecule has 0 aliphatic heterocycles. The van der Waals surface area contributed by atoms with Crippen molar-refractivity contribution in [2.24, 2.45) is 5.92 Å². The zero-order chi connectivity index (χ0) is 10.7. The van der Waals surface area contributed by atoms with Gasteiger partial charge in [-0.3, -0.25) is 0 Å². The van der Waals surface area contributed by atoms with Gasteiger partial charge in [-0.1, -0.05) is 30.7 Å². The van der Waals surface area contributed by atoms with E-state index < -0.39 is 0 Å². The zero-order valence-corrected chi connectivity index (χ0v) is 9.64. The van der Waals surface area contributed by atoms with E-state index in [1.807, 2.05) is 0 Å². The monoisotopic (exact) mass is 198 g/mol. The Labute approximate surface area is 92.7 Å². The summed E-state index contributed by atoms with van der Waals surface area (Å²) >= 11 is 0.